The van der Waals surface area contributed by atoms with Crippen molar-refractivity contribution in [3.8, 4) is 11.4 Å². The minimum absolute atomic E-state index is 0.00247. The minimum atomic E-state index is -0.214. The van der Waals surface area contributed by atoms with Gasteiger partial charge in [0, 0.05) is 22.7 Å². The highest BCUT2D eigenvalue weighted by Gasteiger charge is 2.33. The lowest BCUT2D eigenvalue weighted by Gasteiger charge is -2.33. The van der Waals surface area contributed by atoms with Crippen molar-refractivity contribution in [1.82, 2.24) is 15.0 Å². The van der Waals surface area contributed by atoms with E-state index in [9.17, 15) is 4.79 Å². The van der Waals surface area contributed by atoms with Crippen LogP contribution in [0.15, 0.2) is 53.1 Å². The number of carbonyl (C=O) groups is 1. The molecule has 1 aliphatic rings. The maximum atomic E-state index is 13.3. The Morgan fingerprint density at radius 2 is 1.90 bits per heavy atom. The van der Waals surface area contributed by atoms with Crippen molar-refractivity contribution in [3.63, 3.8) is 0 Å². The molecule has 2 aromatic carbocycles. The molecule has 156 valence electrons. The van der Waals surface area contributed by atoms with Gasteiger partial charge in [-0.25, -0.2) is 0 Å². The van der Waals surface area contributed by atoms with Crippen LogP contribution >= 0.6 is 11.6 Å². The number of nitrogens with zero attached hydrogens (tertiary/aromatic N) is 3. The Hall–Kier alpha value is -2.66. The van der Waals surface area contributed by atoms with Gasteiger partial charge in [-0.2, -0.15) is 4.98 Å². The molecule has 1 fully saturated rings. The zero-order valence-electron chi connectivity index (χ0n) is 17.6. The van der Waals surface area contributed by atoms with E-state index < -0.39 is 0 Å². The molecule has 2 heterocycles. The zero-order valence-corrected chi connectivity index (χ0v) is 18.3. The summed E-state index contributed by atoms with van der Waals surface area (Å²) in [4.78, 5) is 19.7. The topological polar surface area (TPSA) is 59.2 Å². The highest BCUT2D eigenvalue weighted by Crippen LogP contribution is 2.33. The third-order valence-electron chi connectivity index (χ3n) is 5.57. The Kier molecular flexibility index (Phi) is 5.65. The first kappa shape index (κ1) is 20.6. The van der Waals surface area contributed by atoms with E-state index in [-0.39, 0.29) is 17.4 Å². The highest BCUT2D eigenvalue weighted by molar-refractivity contribution is 6.30. The van der Waals surface area contributed by atoms with Gasteiger partial charge in [0.25, 0.3) is 5.91 Å². The van der Waals surface area contributed by atoms with Crippen LogP contribution in [0, 0.1) is 0 Å². The molecule has 3 aromatic rings. The van der Waals surface area contributed by atoms with Crippen LogP contribution in [-0.4, -0.2) is 27.5 Å². The van der Waals surface area contributed by atoms with Gasteiger partial charge in [0.15, 0.2) is 0 Å². The number of aromatic nitrogens is 2. The maximum absolute atomic E-state index is 13.3. The standard InChI is InChI=1S/C24H26ClN3O2/c1-24(2,3)18-12-10-16(11-13-18)23(29)28-14-5-4-9-20(28)22-26-21(27-30-22)17-7-6-8-19(25)15-17/h6-8,10-13,15,20H,4-5,9,14H2,1-3H3. The van der Waals surface area contributed by atoms with Crippen LogP contribution in [-0.2, 0) is 5.41 Å². The fourth-order valence-corrected chi connectivity index (χ4v) is 4.02. The molecular formula is C24H26ClN3O2. The van der Waals surface area contributed by atoms with Crippen LogP contribution in [0.5, 0.6) is 0 Å². The smallest absolute Gasteiger partial charge is 0.254 e. The van der Waals surface area contributed by atoms with Gasteiger partial charge in [-0.1, -0.05) is 61.8 Å². The molecule has 30 heavy (non-hydrogen) atoms. The van der Waals surface area contributed by atoms with Crippen LogP contribution in [0.1, 0.15) is 67.9 Å². The Balaban J connectivity index is 1.58. The number of rotatable bonds is 3. The van der Waals surface area contributed by atoms with Crippen molar-refractivity contribution in [2.45, 2.75) is 51.5 Å². The molecule has 5 nitrogen and oxygen atoms in total. The summed E-state index contributed by atoms with van der Waals surface area (Å²) in [5.74, 6) is 0.965. The normalized spacial score (nSPS) is 17.2. The number of likely N-dealkylation sites (tertiary alicyclic amines) is 1. The van der Waals surface area contributed by atoms with Crippen LogP contribution in [0.25, 0.3) is 11.4 Å². The number of amides is 1. The Morgan fingerprint density at radius 3 is 2.60 bits per heavy atom. The number of hydrogen-bond donors (Lipinski definition) is 0. The van der Waals surface area contributed by atoms with E-state index in [1.807, 2.05) is 41.3 Å². The molecule has 1 unspecified atom stereocenters. The van der Waals surface area contributed by atoms with Crippen LogP contribution in [0.3, 0.4) is 0 Å². The van der Waals surface area contributed by atoms with Crippen LogP contribution in [0.4, 0.5) is 0 Å². The molecule has 1 saturated heterocycles. The molecule has 1 aromatic heterocycles. The fraction of sp³-hybridized carbons (Fsp3) is 0.375. The van der Waals surface area contributed by atoms with Crippen molar-refractivity contribution in [1.29, 1.82) is 0 Å². The van der Waals surface area contributed by atoms with E-state index in [1.165, 1.54) is 5.56 Å². The second-order valence-corrected chi connectivity index (χ2v) is 9.24. The molecule has 0 bridgehead atoms. The van der Waals surface area contributed by atoms with Crippen LogP contribution in [0.2, 0.25) is 5.02 Å². The van der Waals surface area contributed by atoms with E-state index in [0.29, 0.717) is 28.8 Å². The van der Waals surface area contributed by atoms with Crippen molar-refractivity contribution >= 4 is 17.5 Å². The summed E-state index contributed by atoms with van der Waals surface area (Å²) in [6.07, 6.45) is 2.80. The predicted molar refractivity (Wildman–Crippen MR) is 118 cm³/mol. The molecule has 1 aliphatic heterocycles. The highest BCUT2D eigenvalue weighted by atomic mass is 35.5. The van der Waals surface area contributed by atoms with Crippen molar-refractivity contribution in [3.05, 3.63) is 70.6 Å². The van der Waals surface area contributed by atoms with Gasteiger partial charge in [-0.3, -0.25) is 4.79 Å². The summed E-state index contributed by atoms with van der Waals surface area (Å²) < 4.78 is 5.58. The molecule has 6 heteroatoms. The van der Waals surface area contributed by atoms with Crippen molar-refractivity contribution in [2.75, 3.05) is 6.54 Å². The lowest BCUT2D eigenvalue weighted by atomic mass is 9.86. The zero-order chi connectivity index (χ0) is 21.3. The third kappa shape index (κ3) is 4.26. The van der Waals surface area contributed by atoms with Gasteiger partial charge in [0.1, 0.15) is 6.04 Å². The molecular weight excluding hydrogens is 398 g/mol. The number of hydrogen-bond acceptors (Lipinski definition) is 4. The Bertz CT molecular complexity index is 1040. The van der Waals surface area contributed by atoms with Crippen molar-refractivity contribution in [2.24, 2.45) is 0 Å². The molecule has 0 saturated carbocycles. The maximum Gasteiger partial charge on any atom is 0.254 e. The second-order valence-electron chi connectivity index (χ2n) is 8.80. The number of piperidine rings is 1. The molecule has 0 radical (unpaired) electrons. The molecule has 0 N–H and O–H groups in total. The van der Waals surface area contributed by atoms with E-state index in [4.69, 9.17) is 16.1 Å². The molecule has 1 amide bonds. The summed E-state index contributed by atoms with van der Waals surface area (Å²) in [5.41, 5.74) is 2.74. The summed E-state index contributed by atoms with van der Waals surface area (Å²) in [7, 11) is 0. The van der Waals surface area contributed by atoms with Gasteiger partial charge >= 0.3 is 0 Å². The quantitative estimate of drug-likeness (QED) is 0.514. The van der Waals surface area contributed by atoms with Gasteiger partial charge in [0.2, 0.25) is 11.7 Å². The summed E-state index contributed by atoms with van der Waals surface area (Å²) >= 11 is 6.08. The SMILES string of the molecule is CC(C)(C)c1ccc(C(=O)N2CCCCC2c2nc(-c3cccc(Cl)c3)no2)cc1. The van der Waals surface area contributed by atoms with E-state index in [1.54, 1.807) is 12.1 Å². The van der Waals surface area contributed by atoms with Gasteiger partial charge in [-0.05, 0) is 54.5 Å². The van der Waals surface area contributed by atoms with Gasteiger partial charge < -0.3 is 9.42 Å². The van der Waals surface area contributed by atoms with E-state index >= 15 is 0 Å². The van der Waals surface area contributed by atoms with Gasteiger partial charge in [0.05, 0.1) is 0 Å². The second kappa shape index (κ2) is 8.23. The third-order valence-corrected chi connectivity index (χ3v) is 5.81. The van der Waals surface area contributed by atoms with Gasteiger partial charge in [-0.15, -0.1) is 0 Å². The van der Waals surface area contributed by atoms with Crippen molar-refractivity contribution < 1.29 is 9.32 Å². The first-order chi connectivity index (χ1) is 14.3. The summed E-state index contributed by atoms with van der Waals surface area (Å²) in [6, 6.07) is 15.0. The van der Waals surface area contributed by atoms with E-state index in [0.717, 1.165) is 24.8 Å². The lowest BCUT2D eigenvalue weighted by molar-refractivity contribution is 0.0561. The minimum Gasteiger partial charge on any atom is -0.337 e. The average Bonchev–Trinajstić information content (AvgIpc) is 3.23. The molecule has 4 rings (SSSR count). The number of benzene rings is 2. The monoisotopic (exact) mass is 423 g/mol. The summed E-state index contributed by atoms with van der Waals surface area (Å²) in [5, 5.41) is 4.74. The fourth-order valence-electron chi connectivity index (χ4n) is 3.83. The van der Waals surface area contributed by atoms with Crippen LogP contribution < -0.4 is 0 Å². The van der Waals surface area contributed by atoms with E-state index in [2.05, 4.69) is 30.9 Å². The first-order valence-corrected chi connectivity index (χ1v) is 10.7. The number of halogens is 1. The average molecular weight is 424 g/mol. The molecule has 0 aliphatic carbocycles. The number of carbonyl (C=O) groups excluding carboxylic acids is 1. The first-order valence-electron chi connectivity index (χ1n) is 10.3. The molecule has 1 atom stereocenters. The largest absolute Gasteiger partial charge is 0.337 e. The molecule has 0 spiro atoms. The summed E-state index contributed by atoms with van der Waals surface area (Å²) in [6.45, 7) is 7.17. The lowest BCUT2D eigenvalue weighted by Crippen LogP contribution is -2.38. The Morgan fingerprint density at radius 1 is 1.13 bits per heavy atom. The Labute approximate surface area is 182 Å². The predicted octanol–water partition coefficient (Wildman–Crippen LogP) is 6.05.